The minimum absolute atomic E-state index is 0.255. The van der Waals surface area contributed by atoms with Gasteiger partial charge in [0, 0.05) is 24.8 Å². The van der Waals surface area contributed by atoms with Crippen molar-refractivity contribution in [2.75, 3.05) is 26.2 Å². The van der Waals surface area contributed by atoms with Gasteiger partial charge in [0.25, 0.3) is 0 Å². The molecule has 4 rings (SSSR count). The van der Waals surface area contributed by atoms with Crippen molar-refractivity contribution >= 4 is 11.8 Å². The standard InChI is InChI=1S/C24H30N4O3/c25-22(29)19-7-9-21(10-8-19)31-17-5-16-28-15-4-12-24(28)11-3-14-27(23(24)30)18-20-6-1-2-13-26-20/h1-2,6-10,13H,3-5,11-12,14-18H2,(H2,25,29). The highest BCUT2D eigenvalue weighted by Gasteiger charge is 2.50. The predicted molar refractivity (Wildman–Crippen MR) is 117 cm³/mol. The highest BCUT2D eigenvalue weighted by atomic mass is 16.5. The maximum atomic E-state index is 13.5. The summed E-state index contributed by atoms with van der Waals surface area (Å²) in [5, 5.41) is 0. The Morgan fingerprint density at radius 3 is 2.58 bits per heavy atom. The number of carbonyl (C=O) groups is 2. The van der Waals surface area contributed by atoms with E-state index in [4.69, 9.17) is 10.5 Å². The molecule has 2 amide bonds. The molecule has 2 aliphatic heterocycles. The zero-order valence-corrected chi connectivity index (χ0v) is 17.8. The number of primary amides is 1. The number of carbonyl (C=O) groups excluding carboxylic acids is 2. The van der Waals surface area contributed by atoms with Gasteiger partial charge in [-0.05, 0) is 75.0 Å². The molecule has 0 bridgehead atoms. The predicted octanol–water partition coefficient (Wildman–Crippen LogP) is 2.61. The molecule has 0 aliphatic carbocycles. The quantitative estimate of drug-likeness (QED) is 0.661. The fourth-order valence-corrected chi connectivity index (χ4v) is 4.85. The Labute approximate surface area is 183 Å². The van der Waals surface area contributed by atoms with E-state index < -0.39 is 5.91 Å². The molecule has 3 heterocycles. The van der Waals surface area contributed by atoms with Crippen LogP contribution >= 0.6 is 0 Å². The molecule has 31 heavy (non-hydrogen) atoms. The molecular weight excluding hydrogens is 392 g/mol. The van der Waals surface area contributed by atoms with Crippen molar-refractivity contribution in [3.8, 4) is 5.75 Å². The summed E-state index contributed by atoms with van der Waals surface area (Å²) in [6, 6.07) is 12.7. The number of hydrogen-bond donors (Lipinski definition) is 1. The van der Waals surface area contributed by atoms with Crippen molar-refractivity contribution in [3.05, 3.63) is 59.9 Å². The number of hydrogen-bond acceptors (Lipinski definition) is 5. The smallest absolute Gasteiger partial charge is 0.248 e. The summed E-state index contributed by atoms with van der Waals surface area (Å²) in [4.78, 5) is 33.4. The van der Waals surface area contributed by atoms with Crippen LogP contribution in [-0.2, 0) is 11.3 Å². The molecule has 0 saturated carbocycles. The van der Waals surface area contributed by atoms with E-state index in [1.54, 1.807) is 30.5 Å². The van der Waals surface area contributed by atoms with Gasteiger partial charge in [-0.25, -0.2) is 0 Å². The Kier molecular flexibility index (Phi) is 6.51. The fourth-order valence-electron chi connectivity index (χ4n) is 4.85. The molecule has 1 aromatic carbocycles. The Morgan fingerprint density at radius 2 is 1.87 bits per heavy atom. The van der Waals surface area contributed by atoms with Gasteiger partial charge in [0.2, 0.25) is 11.8 Å². The summed E-state index contributed by atoms with van der Waals surface area (Å²) in [5.74, 6) is 0.529. The molecular formula is C24H30N4O3. The highest BCUT2D eigenvalue weighted by molar-refractivity contribution is 5.92. The number of amides is 2. The Bertz CT molecular complexity index is 903. The molecule has 1 aromatic heterocycles. The molecule has 2 N–H and O–H groups in total. The molecule has 7 heteroatoms. The first kappa shape index (κ1) is 21.3. The summed E-state index contributed by atoms with van der Waals surface area (Å²) in [6.45, 7) is 3.74. The Morgan fingerprint density at radius 1 is 1.10 bits per heavy atom. The van der Waals surface area contributed by atoms with Crippen LogP contribution in [0.5, 0.6) is 5.75 Å². The first-order valence-corrected chi connectivity index (χ1v) is 11.1. The third-order valence-electron chi connectivity index (χ3n) is 6.39. The van der Waals surface area contributed by atoms with Crippen molar-refractivity contribution < 1.29 is 14.3 Å². The number of ether oxygens (including phenoxy) is 1. The summed E-state index contributed by atoms with van der Waals surface area (Å²) < 4.78 is 5.82. The molecule has 1 spiro atoms. The van der Waals surface area contributed by atoms with Crippen LogP contribution in [0.2, 0.25) is 0 Å². The van der Waals surface area contributed by atoms with E-state index in [-0.39, 0.29) is 11.4 Å². The minimum Gasteiger partial charge on any atom is -0.494 e. The van der Waals surface area contributed by atoms with Crippen LogP contribution in [0.25, 0.3) is 0 Å². The van der Waals surface area contributed by atoms with Gasteiger partial charge in [0.05, 0.1) is 18.8 Å². The molecule has 0 radical (unpaired) electrons. The zero-order chi connectivity index (χ0) is 21.7. The fraction of sp³-hybridized carbons (Fsp3) is 0.458. The molecule has 1 unspecified atom stereocenters. The lowest BCUT2D eigenvalue weighted by Gasteiger charge is -2.44. The highest BCUT2D eigenvalue weighted by Crippen LogP contribution is 2.38. The molecule has 7 nitrogen and oxygen atoms in total. The van der Waals surface area contributed by atoms with Gasteiger partial charge in [-0.2, -0.15) is 0 Å². The van der Waals surface area contributed by atoms with Crippen molar-refractivity contribution in [3.63, 3.8) is 0 Å². The molecule has 2 aromatic rings. The Hall–Kier alpha value is -2.93. The summed E-state index contributed by atoms with van der Waals surface area (Å²) in [7, 11) is 0. The van der Waals surface area contributed by atoms with Gasteiger partial charge in [-0.1, -0.05) is 6.07 Å². The van der Waals surface area contributed by atoms with Crippen LogP contribution < -0.4 is 10.5 Å². The first-order valence-electron chi connectivity index (χ1n) is 11.1. The summed E-state index contributed by atoms with van der Waals surface area (Å²) in [6.07, 6.45) is 6.56. The number of likely N-dealkylation sites (tertiary alicyclic amines) is 2. The topological polar surface area (TPSA) is 88.8 Å². The van der Waals surface area contributed by atoms with Crippen molar-refractivity contribution in [1.29, 1.82) is 0 Å². The minimum atomic E-state index is -0.444. The number of aromatic nitrogens is 1. The number of benzene rings is 1. The lowest BCUT2D eigenvalue weighted by atomic mass is 9.85. The molecule has 164 valence electrons. The van der Waals surface area contributed by atoms with Crippen LogP contribution in [-0.4, -0.2) is 58.4 Å². The molecule has 1 atom stereocenters. The number of nitrogens with two attached hydrogens (primary N) is 1. The van der Waals surface area contributed by atoms with Crippen molar-refractivity contribution in [2.45, 2.75) is 44.2 Å². The van der Waals surface area contributed by atoms with E-state index in [0.717, 1.165) is 63.2 Å². The molecule has 2 saturated heterocycles. The zero-order valence-electron chi connectivity index (χ0n) is 17.8. The maximum absolute atomic E-state index is 13.5. The van der Waals surface area contributed by atoms with E-state index in [1.807, 2.05) is 23.1 Å². The monoisotopic (exact) mass is 422 g/mol. The normalized spacial score (nSPS) is 21.5. The van der Waals surface area contributed by atoms with Crippen molar-refractivity contribution in [1.82, 2.24) is 14.8 Å². The van der Waals surface area contributed by atoms with Gasteiger partial charge in [-0.3, -0.25) is 19.5 Å². The van der Waals surface area contributed by atoms with Crippen LogP contribution in [0.15, 0.2) is 48.7 Å². The SMILES string of the molecule is NC(=O)c1ccc(OCCCN2CCCC23CCCN(Cc2ccccn2)C3=O)cc1. The van der Waals surface area contributed by atoms with Crippen LogP contribution in [0.3, 0.4) is 0 Å². The first-order chi connectivity index (χ1) is 15.1. The maximum Gasteiger partial charge on any atom is 0.248 e. The lowest BCUT2D eigenvalue weighted by molar-refractivity contribution is -0.148. The second-order valence-corrected chi connectivity index (χ2v) is 8.36. The summed E-state index contributed by atoms with van der Waals surface area (Å²) >= 11 is 0. The third kappa shape index (κ3) is 4.71. The number of pyridine rings is 1. The second kappa shape index (κ2) is 9.47. The second-order valence-electron chi connectivity index (χ2n) is 8.36. The average molecular weight is 423 g/mol. The van der Waals surface area contributed by atoms with E-state index in [0.29, 0.717) is 18.7 Å². The number of nitrogens with zero attached hydrogens (tertiary/aromatic N) is 3. The average Bonchev–Trinajstić information content (AvgIpc) is 3.19. The molecule has 2 fully saturated rings. The van der Waals surface area contributed by atoms with Gasteiger partial charge in [0.15, 0.2) is 0 Å². The summed E-state index contributed by atoms with van der Waals surface area (Å²) in [5.41, 5.74) is 6.31. The largest absolute Gasteiger partial charge is 0.494 e. The molecule has 2 aliphatic rings. The van der Waals surface area contributed by atoms with Gasteiger partial charge in [-0.15, -0.1) is 0 Å². The van der Waals surface area contributed by atoms with E-state index in [2.05, 4.69) is 9.88 Å². The van der Waals surface area contributed by atoms with Gasteiger partial charge >= 0.3 is 0 Å². The van der Waals surface area contributed by atoms with Gasteiger partial charge < -0.3 is 15.4 Å². The number of rotatable bonds is 8. The number of piperidine rings is 1. The van der Waals surface area contributed by atoms with E-state index in [1.165, 1.54) is 0 Å². The van der Waals surface area contributed by atoms with Crippen molar-refractivity contribution in [2.24, 2.45) is 5.73 Å². The van der Waals surface area contributed by atoms with Crippen LogP contribution in [0.4, 0.5) is 0 Å². The van der Waals surface area contributed by atoms with E-state index >= 15 is 0 Å². The van der Waals surface area contributed by atoms with E-state index in [9.17, 15) is 9.59 Å². The van der Waals surface area contributed by atoms with Crippen LogP contribution in [0.1, 0.15) is 48.2 Å². The lowest BCUT2D eigenvalue weighted by Crippen LogP contribution is -2.59. The third-order valence-corrected chi connectivity index (χ3v) is 6.39. The van der Waals surface area contributed by atoms with Crippen LogP contribution in [0, 0.1) is 0 Å². The van der Waals surface area contributed by atoms with Gasteiger partial charge in [0.1, 0.15) is 11.3 Å². The Balaban J connectivity index is 1.32.